The molecule has 0 radical (unpaired) electrons. The third-order valence-electron chi connectivity index (χ3n) is 5.29. The molecule has 0 rings (SSSR count). The molecule has 0 saturated carbocycles. The van der Waals surface area contributed by atoms with E-state index >= 15 is 0 Å². The van der Waals surface area contributed by atoms with E-state index in [9.17, 15) is 14.4 Å². The van der Waals surface area contributed by atoms with E-state index in [0.29, 0.717) is 12.8 Å². The van der Waals surface area contributed by atoms with Crippen molar-refractivity contribution in [3.63, 3.8) is 0 Å². The molecule has 0 aromatic heterocycles. The molecule has 0 bridgehead atoms. The average Bonchev–Trinajstić information content (AvgIpc) is 2.66. The molecule has 29 heavy (non-hydrogen) atoms. The van der Waals surface area contributed by atoms with Gasteiger partial charge in [0, 0.05) is 12.8 Å². The highest BCUT2D eigenvalue weighted by atomic mass is 16.4. The highest BCUT2D eigenvalue weighted by Crippen LogP contribution is 2.14. The molecule has 1 atom stereocenters. The second kappa shape index (κ2) is 19.7. The van der Waals surface area contributed by atoms with E-state index in [1.54, 1.807) is 0 Å². The van der Waals surface area contributed by atoms with E-state index in [-0.39, 0.29) is 5.91 Å². The first-order valence-electron chi connectivity index (χ1n) is 11.7. The summed E-state index contributed by atoms with van der Waals surface area (Å²) >= 11 is 0. The van der Waals surface area contributed by atoms with Crippen molar-refractivity contribution in [1.29, 1.82) is 0 Å². The van der Waals surface area contributed by atoms with Gasteiger partial charge < -0.3 is 15.5 Å². The lowest BCUT2D eigenvalue weighted by molar-refractivity contribution is -0.141. The summed E-state index contributed by atoms with van der Waals surface area (Å²) in [4.78, 5) is 32.6. The van der Waals surface area contributed by atoms with Gasteiger partial charge in [-0.3, -0.25) is 14.4 Å². The lowest BCUT2D eigenvalue weighted by atomic mass is 10.0. The Morgan fingerprint density at radius 3 is 1.21 bits per heavy atom. The molecule has 0 aromatic carbocycles. The van der Waals surface area contributed by atoms with Gasteiger partial charge in [0.15, 0.2) is 0 Å². The van der Waals surface area contributed by atoms with Gasteiger partial charge in [-0.05, 0) is 19.8 Å². The topological polar surface area (TPSA) is 104 Å². The van der Waals surface area contributed by atoms with Crippen molar-refractivity contribution in [2.45, 2.75) is 129 Å². The molecule has 0 heterocycles. The lowest BCUT2D eigenvalue weighted by Crippen LogP contribution is -2.38. The second-order valence-electron chi connectivity index (χ2n) is 8.18. The minimum Gasteiger partial charge on any atom is -0.481 e. The van der Waals surface area contributed by atoms with Crippen LogP contribution in [0.5, 0.6) is 0 Å². The standard InChI is InChI=1S/C23H43NO5/c1-20(23(28)29)24-21(25)18-16-14-12-10-8-6-4-2-3-5-7-9-11-13-15-17-19-22(26)27/h20H,2-19H2,1H3,(H,24,25)(H,26,27)(H,28,29)/t20-/m0/s1. The van der Waals surface area contributed by atoms with Crippen LogP contribution in [0.4, 0.5) is 0 Å². The number of carboxylic acid groups (broad SMARTS) is 2. The first-order valence-corrected chi connectivity index (χ1v) is 11.7. The fraction of sp³-hybridized carbons (Fsp3) is 0.870. The number of amides is 1. The van der Waals surface area contributed by atoms with Crippen molar-refractivity contribution >= 4 is 17.8 Å². The van der Waals surface area contributed by atoms with Crippen LogP contribution in [0.2, 0.25) is 0 Å². The highest BCUT2D eigenvalue weighted by molar-refractivity contribution is 5.83. The van der Waals surface area contributed by atoms with Crippen LogP contribution in [0.25, 0.3) is 0 Å². The molecule has 0 spiro atoms. The number of hydrogen-bond donors (Lipinski definition) is 3. The van der Waals surface area contributed by atoms with Crippen LogP contribution in [0.15, 0.2) is 0 Å². The highest BCUT2D eigenvalue weighted by Gasteiger charge is 2.13. The molecule has 0 fully saturated rings. The first-order chi connectivity index (χ1) is 13.9. The molecule has 0 aliphatic carbocycles. The van der Waals surface area contributed by atoms with Crippen molar-refractivity contribution in [2.24, 2.45) is 0 Å². The Morgan fingerprint density at radius 2 is 0.897 bits per heavy atom. The summed E-state index contributed by atoms with van der Waals surface area (Å²) in [6, 6.07) is -0.807. The molecule has 0 aliphatic rings. The van der Waals surface area contributed by atoms with E-state index in [1.807, 2.05) is 0 Å². The van der Waals surface area contributed by atoms with E-state index < -0.39 is 18.0 Å². The zero-order valence-corrected chi connectivity index (χ0v) is 18.4. The minimum absolute atomic E-state index is 0.168. The van der Waals surface area contributed by atoms with Gasteiger partial charge >= 0.3 is 11.9 Å². The zero-order chi connectivity index (χ0) is 21.7. The summed E-state index contributed by atoms with van der Waals surface area (Å²) in [6.07, 6.45) is 19.6. The van der Waals surface area contributed by atoms with Gasteiger partial charge in [-0.2, -0.15) is 0 Å². The maximum Gasteiger partial charge on any atom is 0.325 e. The van der Waals surface area contributed by atoms with Crippen LogP contribution < -0.4 is 5.32 Å². The predicted octanol–water partition coefficient (Wildman–Crippen LogP) is 5.68. The molecule has 0 saturated heterocycles. The molecule has 6 heteroatoms. The molecule has 170 valence electrons. The van der Waals surface area contributed by atoms with Crippen molar-refractivity contribution in [3.05, 3.63) is 0 Å². The Labute approximate surface area is 176 Å². The Bertz CT molecular complexity index is 439. The van der Waals surface area contributed by atoms with Crippen molar-refractivity contribution in [2.75, 3.05) is 0 Å². The third kappa shape index (κ3) is 20.9. The summed E-state index contributed by atoms with van der Waals surface area (Å²) in [5.74, 6) is -1.85. The fourth-order valence-corrected chi connectivity index (χ4v) is 3.41. The van der Waals surface area contributed by atoms with Crippen LogP contribution in [0, 0.1) is 0 Å². The number of rotatable bonds is 21. The summed E-state index contributed by atoms with van der Waals surface area (Å²) in [6.45, 7) is 1.48. The lowest BCUT2D eigenvalue weighted by Gasteiger charge is -2.08. The van der Waals surface area contributed by atoms with E-state index in [4.69, 9.17) is 10.2 Å². The van der Waals surface area contributed by atoms with Crippen LogP contribution in [-0.4, -0.2) is 34.1 Å². The first kappa shape index (κ1) is 27.4. The SMILES string of the molecule is C[C@H](NC(=O)CCCCCCCCCCCCCCCCCCC(=O)O)C(=O)O. The maximum atomic E-state index is 11.5. The number of carbonyl (C=O) groups excluding carboxylic acids is 1. The molecule has 0 aliphatic heterocycles. The number of carbonyl (C=O) groups is 3. The predicted molar refractivity (Wildman–Crippen MR) is 116 cm³/mol. The summed E-state index contributed by atoms with van der Waals surface area (Å²) in [7, 11) is 0. The van der Waals surface area contributed by atoms with Crippen LogP contribution >= 0.6 is 0 Å². The molecule has 6 nitrogen and oxygen atoms in total. The van der Waals surface area contributed by atoms with Gasteiger partial charge in [-0.15, -0.1) is 0 Å². The van der Waals surface area contributed by atoms with Crippen molar-refractivity contribution < 1.29 is 24.6 Å². The van der Waals surface area contributed by atoms with Gasteiger partial charge in [-0.1, -0.05) is 89.9 Å². The quantitative estimate of drug-likeness (QED) is 0.210. The number of aliphatic carboxylic acids is 2. The number of nitrogens with one attached hydrogen (secondary N) is 1. The molecular weight excluding hydrogens is 370 g/mol. The number of hydrogen-bond acceptors (Lipinski definition) is 3. The van der Waals surface area contributed by atoms with E-state index in [1.165, 1.54) is 77.6 Å². The Balaban J connectivity index is 3.18. The largest absolute Gasteiger partial charge is 0.481 e. The Kier molecular flexibility index (Phi) is 18.6. The average molecular weight is 414 g/mol. The zero-order valence-electron chi connectivity index (χ0n) is 18.4. The second-order valence-corrected chi connectivity index (χ2v) is 8.18. The van der Waals surface area contributed by atoms with Gasteiger partial charge in [0.05, 0.1) is 0 Å². The van der Waals surface area contributed by atoms with Gasteiger partial charge in [-0.25, -0.2) is 0 Å². The molecule has 3 N–H and O–H groups in total. The molecule has 1 amide bonds. The Hall–Kier alpha value is -1.59. The van der Waals surface area contributed by atoms with Gasteiger partial charge in [0.25, 0.3) is 0 Å². The van der Waals surface area contributed by atoms with Crippen LogP contribution in [-0.2, 0) is 14.4 Å². The van der Waals surface area contributed by atoms with Gasteiger partial charge in [0.2, 0.25) is 5.91 Å². The van der Waals surface area contributed by atoms with Crippen molar-refractivity contribution in [1.82, 2.24) is 5.32 Å². The van der Waals surface area contributed by atoms with E-state index in [0.717, 1.165) is 32.1 Å². The number of unbranched alkanes of at least 4 members (excludes halogenated alkanes) is 15. The minimum atomic E-state index is -0.997. The van der Waals surface area contributed by atoms with Crippen LogP contribution in [0.3, 0.4) is 0 Å². The van der Waals surface area contributed by atoms with Gasteiger partial charge in [0.1, 0.15) is 6.04 Å². The van der Waals surface area contributed by atoms with Crippen molar-refractivity contribution in [3.8, 4) is 0 Å². The van der Waals surface area contributed by atoms with Crippen LogP contribution in [0.1, 0.15) is 122 Å². The van der Waals surface area contributed by atoms with E-state index in [2.05, 4.69) is 5.32 Å². The third-order valence-corrected chi connectivity index (χ3v) is 5.29. The summed E-state index contributed by atoms with van der Waals surface area (Å²) in [5.41, 5.74) is 0. The smallest absolute Gasteiger partial charge is 0.325 e. The molecule has 0 aromatic rings. The fourth-order valence-electron chi connectivity index (χ4n) is 3.41. The number of carboxylic acids is 2. The molecule has 0 unspecified atom stereocenters. The maximum absolute atomic E-state index is 11.5. The normalized spacial score (nSPS) is 11.9. The summed E-state index contributed by atoms with van der Waals surface area (Å²) in [5, 5.41) is 19.8. The molecular formula is C23H43NO5. The Morgan fingerprint density at radius 1 is 0.586 bits per heavy atom. The monoisotopic (exact) mass is 413 g/mol. The summed E-state index contributed by atoms with van der Waals surface area (Å²) < 4.78 is 0.